The van der Waals surface area contributed by atoms with Crippen LogP contribution in [0.1, 0.15) is 90.0 Å². The molecule has 1 rings (SSSR count). The summed E-state index contributed by atoms with van der Waals surface area (Å²) < 4.78 is 0. The summed E-state index contributed by atoms with van der Waals surface area (Å²) >= 11 is 0. The molecule has 0 radical (unpaired) electrons. The third-order valence-corrected chi connectivity index (χ3v) is 4.36. The molecular formula is C20H35N. The average Bonchev–Trinajstić information content (AvgIpc) is 2.50. The van der Waals surface area contributed by atoms with Crippen molar-refractivity contribution in [1.29, 1.82) is 0 Å². The normalized spacial score (nSPS) is 12.5. The monoisotopic (exact) mass is 289 g/mol. The standard InChI is InChI=1S/C20H35N/c1-3-4-5-6-7-8-9-10-11-12-14-19(2)17-20-15-13-16-21-18-20/h13,15-16,18-19H,3-12,14,17H2,1-2H3. The molecule has 120 valence electrons. The summed E-state index contributed by atoms with van der Waals surface area (Å²) in [5.74, 6) is 0.795. The molecule has 0 bridgehead atoms. The summed E-state index contributed by atoms with van der Waals surface area (Å²) in [5.41, 5.74) is 1.39. The van der Waals surface area contributed by atoms with Gasteiger partial charge in [0.1, 0.15) is 0 Å². The molecule has 21 heavy (non-hydrogen) atoms. The first-order valence-electron chi connectivity index (χ1n) is 9.21. The van der Waals surface area contributed by atoms with Crippen molar-refractivity contribution >= 4 is 0 Å². The van der Waals surface area contributed by atoms with Gasteiger partial charge in [0, 0.05) is 12.4 Å². The van der Waals surface area contributed by atoms with Crippen LogP contribution in [0.3, 0.4) is 0 Å². The molecule has 0 aliphatic rings. The highest BCUT2D eigenvalue weighted by Crippen LogP contribution is 2.16. The van der Waals surface area contributed by atoms with Crippen LogP contribution in [0.15, 0.2) is 24.5 Å². The minimum atomic E-state index is 0.795. The fraction of sp³-hybridized carbons (Fsp3) is 0.750. The molecule has 1 aromatic rings. The first-order valence-corrected chi connectivity index (χ1v) is 9.21. The van der Waals surface area contributed by atoms with Crippen LogP contribution in [0.5, 0.6) is 0 Å². The SMILES string of the molecule is CCCCCCCCCCCCC(C)Cc1cccnc1. The van der Waals surface area contributed by atoms with E-state index in [0.717, 1.165) is 5.92 Å². The topological polar surface area (TPSA) is 12.9 Å². The highest BCUT2D eigenvalue weighted by Gasteiger charge is 2.03. The van der Waals surface area contributed by atoms with Gasteiger partial charge in [0.05, 0.1) is 0 Å². The van der Waals surface area contributed by atoms with E-state index in [1.54, 1.807) is 0 Å². The van der Waals surface area contributed by atoms with E-state index in [9.17, 15) is 0 Å². The lowest BCUT2D eigenvalue weighted by Gasteiger charge is -2.10. The van der Waals surface area contributed by atoms with E-state index in [-0.39, 0.29) is 0 Å². The minimum absolute atomic E-state index is 0.795. The van der Waals surface area contributed by atoms with Crippen LogP contribution in [0.25, 0.3) is 0 Å². The molecular weight excluding hydrogens is 254 g/mol. The zero-order valence-corrected chi connectivity index (χ0v) is 14.3. The first-order chi connectivity index (χ1) is 10.3. The lowest BCUT2D eigenvalue weighted by molar-refractivity contribution is 0.477. The van der Waals surface area contributed by atoms with Crippen molar-refractivity contribution in [3.8, 4) is 0 Å². The van der Waals surface area contributed by atoms with Crippen LogP contribution in [0.4, 0.5) is 0 Å². The maximum absolute atomic E-state index is 4.19. The Morgan fingerprint density at radius 3 is 2.10 bits per heavy atom. The van der Waals surface area contributed by atoms with E-state index in [2.05, 4.69) is 24.9 Å². The Bertz CT molecular complexity index is 320. The molecule has 0 aliphatic carbocycles. The second-order valence-electron chi connectivity index (χ2n) is 6.64. The highest BCUT2D eigenvalue weighted by atomic mass is 14.6. The maximum Gasteiger partial charge on any atom is 0.0299 e. The zero-order valence-electron chi connectivity index (χ0n) is 14.3. The molecule has 0 N–H and O–H groups in total. The number of rotatable bonds is 13. The summed E-state index contributed by atoms with van der Waals surface area (Å²) in [6.07, 6.45) is 20.7. The predicted molar refractivity (Wildman–Crippen MR) is 93.6 cm³/mol. The number of unbranched alkanes of at least 4 members (excludes halogenated alkanes) is 9. The van der Waals surface area contributed by atoms with Crippen LogP contribution in [0, 0.1) is 5.92 Å². The third-order valence-electron chi connectivity index (χ3n) is 4.36. The molecule has 1 unspecified atom stereocenters. The van der Waals surface area contributed by atoms with Crippen molar-refractivity contribution in [3.63, 3.8) is 0 Å². The second-order valence-corrected chi connectivity index (χ2v) is 6.64. The Balaban J connectivity index is 1.87. The molecule has 0 aromatic carbocycles. The Hall–Kier alpha value is -0.850. The van der Waals surface area contributed by atoms with Crippen molar-refractivity contribution in [2.45, 2.75) is 90.9 Å². The van der Waals surface area contributed by atoms with Gasteiger partial charge in [-0.1, -0.05) is 90.5 Å². The van der Waals surface area contributed by atoms with Gasteiger partial charge in [0.25, 0.3) is 0 Å². The van der Waals surface area contributed by atoms with Gasteiger partial charge < -0.3 is 0 Å². The summed E-state index contributed by atoms with van der Waals surface area (Å²) in [6.45, 7) is 4.66. The maximum atomic E-state index is 4.19. The van der Waals surface area contributed by atoms with E-state index >= 15 is 0 Å². The smallest absolute Gasteiger partial charge is 0.0299 e. The summed E-state index contributed by atoms with van der Waals surface area (Å²) in [7, 11) is 0. The van der Waals surface area contributed by atoms with Crippen LogP contribution >= 0.6 is 0 Å². The molecule has 0 saturated heterocycles. The molecule has 0 spiro atoms. The van der Waals surface area contributed by atoms with Gasteiger partial charge in [-0.05, 0) is 24.0 Å². The van der Waals surface area contributed by atoms with Crippen molar-refractivity contribution in [2.24, 2.45) is 5.92 Å². The van der Waals surface area contributed by atoms with Crippen molar-refractivity contribution in [3.05, 3.63) is 30.1 Å². The van der Waals surface area contributed by atoms with Crippen LogP contribution in [-0.4, -0.2) is 4.98 Å². The Kier molecular flexibility index (Phi) is 11.1. The van der Waals surface area contributed by atoms with Crippen molar-refractivity contribution < 1.29 is 0 Å². The van der Waals surface area contributed by atoms with Gasteiger partial charge in [-0.15, -0.1) is 0 Å². The Labute approximate surface area is 132 Å². The summed E-state index contributed by atoms with van der Waals surface area (Å²) in [4.78, 5) is 4.19. The first kappa shape index (κ1) is 18.2. The van der Waals surface area contributed by atoms with Crippen molar-refractivity contribution in [1.82, 2.24) is 4.98 Å². The van der Waals surface area contributed by atoms with Gasteiger partial charge in [-0.25, -0.2) is 0 Å². The average molecular weight is 290 g/mol. The van der Waals surface area contributed by atoms with Gasteiger partial charge in [-0.2, -0.15) is 0 Å². The van der Waals surface area contributed by atoms with Gasteiger partial charge >= 0.3 is 0 Å². The second kappa shape index (κ2) is 12.9. The predicted octanol–water partition coefficient (Wildman–Crippen LogP) is 6.57. The molecule has 1 heterocycles. The molecule has 1 aromatic heterocycles. The molecule has 1 nitrogen and oxygen atoms in total. The summed E-state index contributed by atoms with van der Waals surface area (Å²) in [5, 5.41) is 0. The molecule has 1 heteroatoms. The fourth-order valence-electron chi connectivity index (χ4n) is 3.00. The lowest BCUT2D eigenvalue weighted by atomic mass is 9.96. The van der Waals surface area contributed by atoms with Gasteiger partial charge in [0.2, 0.25) is 0 Å². The quantitative estimate of drug-likeness (QED) is 0.374. The molecule has 0 saturated carbocycles. The van der Waals surface area contributed by atoms with Crippen LogP contribution < -0.4 is 0 Å². The van der Waals surface area contributed by atoms with Gasteiger partial charge in [-0.3, -0.25) is 4.98 Å². The number of nitrogens with zero attached hydrogens (tertiary/aromatic N) is 1. The number of hydrogen-bond donors (Lipinski definition) is 0. The highest BCUT2D eigenvalue weighted by molar-refractivity contribution is 5.08. The van der Waals surface area contributed by atoms with E-state index in [0.29, 0.717) is 0 Å². The summed E-state index contributed by atoms with van der Waals surface area (Å²) in [6, 6.07) is 4.24. The molecule has 0 fully saturated rings. The minimum Gasteiger partial charge on any atom is -0.264 e. The lowest BCUT2D eigenvalue weighted by Crippen LogP contribution is -2.00. The Morgan fingerprint density at radius 2 is 1.52 bits per heavy atom. The van der Waals surface area contributed by atoms with E-state index in [1.807, 2.05) is 18.5 Å². The van der Waals surface area contributed by atoms with E-state index in [4.69, 9.17) is 0 Å². The van der Waals surface area contributed by atoms with E-state index in [1.165, 1.54) is 82.6 Å². The molecule has 0 amide bonds. The van der Waals surface area contributed by atoms with Crippen LogP contribution in [-0.2, 0) is 6.42 Å². The van der Waals surface area contributed by atoms with Crippen molar-refractivity contribution in [2.75, 3.05) is 0 Å². The van der Waals surface area contributed by atoms with E-state index < -0.39 is 0 Å². The number of aromatic nitrogens is 1. The van der Waals surface area contributed by atoms with Crippen LogP contribution in [0.2, 0.25) is 0 Å². The third kappa shape index (κ3) is 10.5. The van der Waals surface area contributed by atoms with Gasteiger partial charge in [0.15, 0.2) is 0 Å². The number of hydrogen-bond acceptors (Lipinski definition) is 1. The largest absolute Gasteiger partial charge is 0.264 e. The zero-order chi connectivity index (χ0) is 15.2. The fourth-order valence-corrected chi connectivity index (χ4v) is 3.00. The molecule has 0 aliphatic heterocycles. The molecule has 1 atom stereocenters. The Morgan fingerprint density at radius 1 is 0.905 bits per heavy atom. The number of pyridine rings is 1.